The third-order valence-electron chi connectivity index (χ3n) is 3.31. The Bertz CT molecular complexity index is 598. The van der Waals surface area contributed by atoms with Crippen LogP contribution in [0.4, 0.5) is 4.39 Å². The van der Waals surface area contributed by atoms with E-state index >= 15 is 0 Å². The summed E-state index contributed by atoms with van der Waals surface area (Å²) in [6, 6.07) is 3.75. The second-order valence-electron chi connectivity index (χ2n) is 4.73. The zero-order valence-corrected chi connectivity index (χ0v) is 11.8. The van der Waals surface area contributed by atoms with Crippen molar-refractivity contribution in [3.63, 3.8) is 0 Å². The molecule has 0 amide bonds. The molecule has 0 N–H and O–H groups in total. The number of carbonyl (C=O) groups is 1. The molecule has 1 saturated heterocycles. The zero-order valence-electron chi connectivity index (χ0n) is 10.2. The minimum Gasteiger partial charge on any atom is -0.298 e. The molecule has 0 aromatic heterocycles. The molecule has 1 fully saturated rings. The largest absolute Gasteiger partial charge is 0.298 e. The number of hydrogen-bond donors (Lipinski definition) is 0. The van der Waals surface area contributed by atoms with Crippen LogP contribution in [0.1, 0.15) is 24.8 Å². The van der Waals surface area contributed by atoms with E-state index in [0.717, 1.165) is 6.42 Å². The summed E-state index contributed by atoms with van der Waals surface area (Å²) in [4.78, 5) is 12.1. The molecule has 0 saturated carbocycles. The van der Waals surface area contributed by atoms with Gasteiger partial charge in [-0.15, -0.1) is 0 Å². The second kappa shape index (κ2) is 5.59. The molecule has 1 atom stereocenters. The fourth-order valence-corrected chi connectivity index (χ4v) is 4.38. The van der Waals surface area contributed by atoms with E-state index in [2.05, 4.69) is 0 Å². The highest BCUT2D eigenvalue weighted by Crippen LogP contribution is 2.24. The van der Waals surface area contributed by atoms with Gasteiger partial charge in [-0.3, -0.25) is 4.79 Å². The molecule has 1 aromatic rings. The van der Waals surface area contributed by atoms with Crippen molar-refractivity contribution >= 4 is 27.2 Å². The van der Waals surface area contributed by atoms with E-state index in [4.69, 9.17) is 11.6 Å². The van der Waals surface area contributed by atoms with Crippen molar-refractivity contribution in [3.05, 3.63) is 34.6 Å². The summed E-state index contributed by atoms with van der Waals surface area (Å²) in [6.07, 6.45) is 1.55. The molecule has 19 heavy (non-hydrogen) atoms. The van der Waals surface area contributed by atoms with E-state index in [-0.39, 0.29) is 17.2 Å². The summed E-state index contributed by atoms with van der Waals surface area (Å²) in [5.74, 6) is -0.828. The van der Waals surface area contributed by atoms with Crippen molar-refractivity contribution in [2.24, 2.45) is 0 Å². The summed E-state index contributed by atoms with van der Waals surface area (Å²) in [5, 5.41) is -0.677. The van der Waals surface area contributed by atoms with Crippen molar-refractivity contribution < 1.29 is 17.6 Å². The van der Waals surface area contributed by atoms with Crippen LogP contribution in [0, 0.1) is 5.82 Å². The predicted molar refractivity (Wildman–Crippen MR) is 71.5 cm³/mol. The molecule has 1 heterocycles. The van der Waals surface area contributed by atoms with Crippen LogP contribution in [0.15, 0.2) is 18.2 Å². The third-order valence-corrected chi connectivity index (χ3v) is 5.90. The molecule has 1 aliphatic heterocycles. The first-order valence-electron chi connectivity index (χ1n) is 6.08. The number of benzene rings is 1. The quantitative estimate of drug-likeness (QED) is 0.862. The van der Waals surface area contributed by atoms with Gasteiger partial charge in [0.15, 0.2) is 15.6 Å². The molecule has 104 valence electrons. The minimum atomic E-state index is -3.35. The van der Waals surface area contributed by atoms with Gasteiger partial charge in [0.05, 0.1) is 5.75 Å². The molecule has 3 nitrogen and oxygen atoms in total. The maximum atomic E-state index is 13.1. The Morgan fingerprint density at radius 2 is 2.11 bits per heavy atom. The van der Waals surface area contributed by atoms with Crippen LogP contribution in [-0.2, 0) is 21.1 Å². The topological polar surface area (TPSA) is 51.2 Å². The van der Waals surface area contributed by atoms with Gasteiger partial charge in [0, 0.05) is 11.4 Å². The van der Waals surface area contributed by atoms with Crippen molar-refractivity contribution in [1.82, 2.24) is 0 Å². The smallest absolute Gasteiger partial charge is 0.160 e. The summed E-state index contributed by atoms with van der Waals surface area (Å²) in [7, 11) is -3.35. The first-order chi connectivity index (χ1) is 8.90. The van der Waals surface area contributed by atoms with Gasteiger partial charge in [0.25, 0.3) is 0 Å². The highest BCUT2D eigenvalue weighted by atomic mass is 35.5. The second-order valence-corrected chi connectivity index (χ2v) is 7.44. The number of rotatable bonds is 3. The Hall–Kier alpha value is -0.940. The molecular formula is C13H14ClFO3S. The van der Waals surface area contributed by atoms with Gasteiger partial charge in [-0.05, 0) is 36.6 Å². The number of ketones is 1. The van der Waals surface area contributed by atoms with Gasteiger partial charge >= 0.3 is 0 Å². The van der Waals surface area contributed by atoms with E-state index in [1.54, 1.807) is 0 Å². The number of Topliss-reactive ketones (excluding diaryl/α,β-unsaturated/α-hetero) is 1. The molecule has 2 rings (SSSR count). The first-order valence-corrected chi connectivity index (χ1v) is 8.18. The maximum absolute atomic E-state index is 13.1. The zero-order chi connectivity index (χ0) is 14.0. The fraction of sp³-hybridized carbons (Fsp3) is 0.462. The normalized spacial score (nSPS) is 22.1. The van der Waals surface area contributed by atoms with Crippen LogP contribution in [-0.4, -0.2) is 25.2 Å². The SMILES string of the molecule is O=C(Cc1cc(F)ccc1Cl)C1CCCCS1(=O)=O. The molecule has 0 aliphatic carbocycles. The molecule has 1 unspecified atom stereocenters. The van der Waals surface area contributed by atoms with Crippen LogP contribution < -0.4 is 0 Å². The van der Waals surface area contributed by atoms with E-state index < -0.39 is 26.7 Å². The molecule has 1 aliphatic rings. The lowest BCUT2D eigenvalue weighted by Gasteiger charge is -2.21. The average Bonchev–Trinajstić information content (AvgIpc) is 2.33. The first kappa shape index (κ1) is 14.5. The van der Waals surface area contributed by atoms with Gasteiger partial charge in [-0.1, -0.05) is 18.0 Å². The van der Waals surface area contributed by atoms with Crippen molar-refractivity contribution in [2.45, 2.75) is 30.9 Å². The third kappa shape index (κ3) is 3.34. The highest BCUT2D eigenvalue weighted by Gasteiger charge is 2.34. The van der Waals surface area contributed by atoms with Gasteiger partial charge in [0.2, 0.25) is 0 Å². The Kier molecular flexibility index (Phi) is 4.26. The van der Waals surface area contributed by atoms with E-state index in [1.807, 2.05) is 0 Å². The maximum Gasteiger partial charge on any atom is 0.160 e. The Morgan fingerprint density at radius 1 is 1.37 bits per heavy atom. The lowest BCUT2D eigenvalue weighted by atomic mass is 10.0. The number of hydrogen-bond acceptors (Lipinski definition) is 3. The van der Waals surface area contributed by atoms with Gasteiger partial charge in [-0.2, -0.15) is 0 Å². The lowest BCUT2D eigenvalue weighted by Crippen LogP contribution is -2.36. The standard InChI is InChI=1S/C13H14ClFO3S/c14-11-5-4-10(15)7-9(11)8-12(16)13-3-1-2-6-19(13,17)18/h4-5,7,13H,1-3,6,8H2. The van der Waals surface area contributed by atoms with Gasteiger partial charge < -0.3 is 0 Å². The van der Waals surface area contributed by atoms with Crippen LogP contribution >= 0.6 is 11.6 Å². The van der Waals surface area contributed by atoms with Crippen molar-refractivity contribution in [1.29, 1.82) is 0 Å². The van der Waals surface area contributed by atoms with Gasteiger partial charge in [0.1, 0.15) is 11.1 Å². The summed E-state index contributed by atoms with van der Waals surface area (Å²) >= 11 is 5.88. The molecular weight excluding hydrogens is 291 g/mol. The van der Waals surface area contributed by atoms with E-state index in [9.17, 15) is 17.6 Å². The molecule has 0 spiro atoms. The molecule has 0 bridgehead atoms. The number of halogens is 2. The summed E-state index contributed by atoms with van der Waals surface area (Å²) in [6.45, 7) is 0. The van der Waals surface area contributed by atoms with E-state index in [1.165, 1.54) is 18.2 Å². The Balaban J connectivity index is 2.19. The Labute approximate surface area is 116 Å². The van der Waals surface area contributed by atoms with E-state index in [0.29, 0.717) is 18.4 Å². The molecule has 0 radical (unpaired) electrons. The highest BCUT2D eigenvalue weighted by molar-refractivity contribution is 7.92. The fourth-order valence-electron chi connectivity index (χ4n) is 2.30. The van der Waals surface area contributed by atoms with Crippen LogP contribution in [0.5, 0.6) is 0 Å². The number of carbonyl (C=O) groups excluding carboxylic acids is 1. The molecule has 1 aromatic carbocycles. The van der Waals surface area contributed by atoms with Crippen LogP contribution in [0.25, 0.3) is 0 Å². The van der Waals surface area contributed by atoms with Crippen LogP contribution in [0.2, 0.25) is 5.02 Å². The summed E-state index contributed by atoms with van der Waals surface area (Å²) in [5.41, 5.74) is 0.340. The van der Waals surface area contributed by atoms with Crippen LogP contribution in [0.3, 0.4) is 0 Å². The monoisotopic (exact) mass is 304 g/mol. The lowest BCUT2D eigenvalue weighted by molar-refractivity contribution is -0.118. The minimum absolute atomic E-state index is 0.0558. The predicted octanol–water partition coefficient (Wildman–Crippen LogP) is 2.56. The van der Waals surface area contributed by atoms with Crippen molar-refractivity contribution in [2.75, 3.05) is 5.75 Å². The average molecular weight is 305 g/mol. The molecule has 6 heteroatoms. The van der Waals surface area contributed by atoms with Gasteiger partial charge in [-0.25, -0.2) is 12.8 Å². The Morgan fingerprint density at radius 3 is 2.79 bits per heavy atom. The van der Waals surface area contributed by atoms with Crippen molar-refractivity contribution in [3.8, 4) is 0 Å². The number of sulfone groups is 1. The summed E-state index contributed by atoms with van der Waals surface area (Å²) < 4.78 is 36.8.